The number of hydrogen-bond acceptors (Lipinski definition) is 4. The van der Waals surface area contributed by atoms with Crippen LogP contribution in [0.4, 0.5) is 5.69 Å². The van der Waals surface area contributed by atoms with Crippen molar-refractivity contribution in [1.82, 2.24) is 14.5 Å². The SMILES string of the molecule is CCn1c(C2CNc3ccccc3O2)nc2cnccc21. The highest BCUT2D eigenvalue weighted by atomic mass is 16.5. The maximum absolute atomic E-state index is 6.12. The van der Waals surface area contributed by atoms with E-state index >= 15 is 0 Å². The van der Waals surface area contributed by atoms with Crippen LogP contribution in [0.5, 0.6) is 5.75 Å². The molecule has 0 saturated carbocycles. The average molecular weight is 280 g/mol. The van der Waals surface area contributed by atoms with Gasteiger partial charge in [0.1, 0.15) is 11.3 Å². The molecular formula is C16H16N4O. The van der Waals surface area contributed by atoms with Crippen LogP contribution in [-0.4, -0.2) is 21.1 Å². The van der Waals surface area contributed by atoms with Gasteiger partial charge in [0.05, 0.1) is 23.9 Å². The van der Waals surface area contributed by atoms with Gasteiger partial charge in [-0.1, -0.05) is 12.1 Å². The highest BCUT2D eigenvalue weighted by Gasteiger charge is 2.25. The van der Waals surface area contributed by atoms with Gasteiger partial charge in [0, 0.05) is 12.7 Å². The van der Waals surface area contributed by atoms with Gasteiger partial charge >= 0.3 is 0 Å². The number of ether oxygens (including phenoxy) is 1. The number of imidazole rings is 1. The van der Waals surface area contributed by atoms with E-state index in [1.165, 1.54) is 0 Å². The Morgan fingerprint density at radius 2 is 2.24 bits per heavy atom. The first-order valence-corrected chi connectivity index (χ1v) is 7.16. The summed E-state index contributed by atoms with van der Waals surface area (Å²) < 4.78 is 8.32. The molecule has 3 heterocycles. The predicted molar refractivity (Wildman–Crippen MR) is 81.5 cm³/mol. The molecule has 0 radical (unpaired) electrons. The number of nitrogens with one attached hydrogen (secondary N) is 1. The number of benzene rings is 1. The zero-order valence-electron chi connectivity index (χ0n) is 11.8. The molecule has 1 atom stereocenters. The monoisotopic (exact) mass is 280 g/mol. The van der Waals surface area contributed by atoms with Gasteiger partial charge in [0.2, 0.25) is 0 Å². The van der Waals surface area contributed by atoms with E-state index in [9.17, 15) is 0 Å². The van der Waals surface area contributed by atoms with Crippen molar-refractivity contribution in [2.24, 2.45) is 0 Å². The summed E-state index contributed by atoms with van der Waals surface area (Å²) in [7, 11) is 0. The first kappa shape index (κ1) is 12.2. The van der Waals surface area contributed by atoms with Crippen molar-refractivity contribution in [2.45, 2.75) is 19.6 Å². The molecule has 0 aliphatic carbocycles. The van der Waals surface area contributed by atoms with Crippen LogP contribution in [0.15, 0.2) is 42.7 Å². The molecule has 0 spiro atoms. The molecule has 2 aromatic heterocycles. The van der Waals surface area contributed by atoms with E-state index in [0.717, 1.165) is 34.8 Å². The highest BCUT2D eigenvalue weighted by Crippen LogP contribution is 2.34. The molecule has 1 aromatic carbocycles. The second-order valence-corrected chi connectivity index (χ2v) is 5.06. The van der Waals surface area contributed by atoms with Gasteiger partial charge in [-0.05, 0) is 25.1 Å². The molecule has 0 saturated heterocycles. The lowest BCUT2D eigenvalue weighted by molar-refractivity contribution is 0.196. The van der Waals surface area contributed by atoms with E-state index in [2.05, 4.69) is 21.8 Å². The molecule has 1 aliphatic heterocycles. The van der Waals surface area contributed by atoms with E-state index in [-0.39, 0.29) is 6.10 Å². The minimum absolute atomic E-state index is 0.0905. The Hall–Kier alpha value is -2.56. The van der Waals surface area contributed by atoms with Gasteiger partial charge in [-0.2, -0.15) is 0 Å². The number of hydrogen-bond donors (Lipinski definition) is 1. The Kier molecular flexibility index (Phi) is 2.77. The fraction of sp³-hybridized carbons (Fsp3) is 0.250. The molecule has 21 heavy (non-hydrogen) atoms. The maximum Gasteiger partial charge on any atom is 0.173 e. The summed E-state index contributed by atoms with van der Waals surface area (Å²) in [6, 6.07) is 9.99. The summed E-state index contributed by atoms with van der Waals surface area (Å²) in [4.78, 5) is 8.87. The number of fused-ring (bicyclic) bond motifs is 2. The maximum atomic E-state index is 6.12. The lowest BCUT2D eigenvalue weighted by Crippen LogP contribution is -2.26. The fourth-order valence-electron chi connectivity index (χ4n) is 2.84. The molecule has 5 heteroatoms. The molecular weight excluding hydrogens is 264 g/mol. The Morgan fingerprint density at radius 1 is 1.33 bits per heavy atom. The largest absolute Gasteiger partial charge is 0.478 e. The number of aromatic nitrogens is 3. The molecule has 1 N–H and O–H groups in total. The average Bonchev–Trinajstić information content (AvgIpc) is 2.93. The standard InChI is InChI=1S/C16H16N4O/c1-2-20-13-7-8-17-9-12(13)19-16(20)15-10-18-11-5-3-4-6-14(11)21-15/h3-9,15,18H,2,10H2,1H3. The van der Waals surface area contributed by atoms with Crippen molar-refractivity contribution in [3.05, 3.63) is 48.5 Å². The van der Waals surface area contributed by atoms with E-state index in [1.807, 2.05) is 30.3 Å². The van der Waals surface area contributed by atoms with E-state index in [1.54, 1.807) is 12.4 Å². The third kappa shape index (κ3) is 1.93. The second kappa shape index (κ2) is 4.77. The first-order valence-electron chi connectivity index (χ1n) is 7.16. The first-order chi connectivity index (χ1) is 10.4. The van der Waals surface area contributed by atoms with Crippen LogP contribution in [0.25, 0.3) is 11.0 Å². The van der Waals surface area contributed by atoms with Crippen molar-refractivity contribution in [2.75, 3.05) is 11.9 Å². The molecule has 4 rings (SSSR count). The van der Waals surface area contributed by atoms with Gasteiger partial charge in [-0.15, -0.1) is 0 Å². The van der Waals surface area contributed by atoms with Gasteiger partial charge in [0.15, 0.2) is 11.9 Å². The Labute approximate surface area is 122 Å². The third-order valence-corrected chi connectivity index (χ3v) is 3.82. The number of aryl methyl sites for hydroxylation is 1. The number of para-hydroxylation sites is 2. The summed E-state index contributed by atoms with van der Waals surface area (Å²) in [5.74, 6) is 1.82. The molecule has 106 valence electrons. The van der Waals surface area contributed by atoms with Crippen LogP contribution in [0.3, 0.4) is 0 Å². The van der Waals surface area contributed by atoms with E-state index < -0.39 is 0 Å². The van der Waals surface area contributed by atoms with Crippen LogP contribution >= 0.6 is 0 Å². The zero-order valence-corrected chi connectivity index (χ0v) is 11.8. The van der Waals surface area contributed by atoms with Crippen molar-refractivity contribution < 1.29 is 4.74 Å². The Bertz CT molecular complexity index is 796. The van der Waals surface area contributed by atoms with Crippen LogP contribution in [0.2, 0.25) is 0 Å². The van der Waals surface area contributed by atoms with Gasteiger partial charge in [0.25, 0.3) is 0 Å². The van der Waals surface area contributed by atoms with Crippen LogP contribution in [0, 0.1) is 0 Å². The van der Waals surface area contributed by atoms with Crippen molar-refractivity contribution in [3.63, 3.8) is 0 Å². The summed E-state index contributed by atoms with van der Waals surface area (Å²) in [6.45, 7) is 3.69. The summed E-state index contributed by atoms with van der Waals surface area (Å²) in [6.07, 6.45) is 3.51. The molecule has 3 aromatic rings. The van der Waals surface area contributed by atoms with Gasteiger partial charge < -0.3 is 14.6 Å². The normalized spacial score (nSPS) is 17.1. The number of rotatable bonds is 2. The summed E-state index contributed by atoms with van der Waals surface area (Å²) >= 11 is 0. The Balaban J connectivity index is 1.78. The lowest BCUT2D eigenvalue weighted by Gasteiger charge is -2.27. The lowest BCUT2D eigenvalue weighted by atomic mass is 10.2. The minimum Gasteiger partial charge on any atom is -0.478 e. The number of pyridine rings is 1. The van der Waals surface area contributed by atoms with Crippen LogP contribution < -0.4 is 10.1 Å². The minimum atomic E-state index is -0.0905. The summed E-state index contributed by atoms with van der Waals surface area (Å²) in [5, 5.41) is 3.41. The van der Waals surface area contributed by atoms with E-state index in [4.69, 9.17) is 9.72 Å². The van der Waals surface area contributed by atoms with Gasteiger partial charge in [-0.3, -0.25) is 4.98 Å². The third-order valence-electron chi connectivity index (χ3n) is 3.82. The number of nitrogens with zero attached hydrogens (tertiary/aromatic N) is 3. The van der Waals surface area contributed by atoms with Crippen molar-refractivity contribution in [1.29, 1.82) is 0 Å². The smallest absolute Gasteiger partial charge is 0.173 e. The molecule has 1 aliphatic rings. The molecule has 1 unspecified atom stereocenters. The molecule has 0 fully saturated rings. The van der Waals surface area contributed by atoms with E-state index in [0.29, 0.717) is 6.54 Å². The van der Waals surface area contributed by atoms with Crippen LogP contribution in [0.1, 0.15) is 18.9 Å². The molecule has 0 amide bonds. The molecule has 0 bridgehead atoms. The second-order valence-electron chi connectivity index (χ2n) is 5.06. The highest BCUT2D eigenvalue weighted by molar-refractivity contribution is 5.75. The zero-order chi connectivity index (χ0) is 14.2. The van der Waals surface area contributed by atoms with Crippen LogP contribution in [-0.2, 0) is 6.54 Å². The van der Waals surface area contributed by atoms with Crippen molar-refractivity contribution >= 4 is 16.7 Å². The molecule has 5 nitrogen and oxygen atoms in total. The predicted octanol–water partition coefficient (Wildman–Crippen LogP) is 3.00. The van der Waals surface area contributed by atoms with Crippen molar-refractivity contribution in [3.8, 4) is 5.75 Å². The van der Waals surface area contributed by atoms with Gasteiger partial charge in [-0.25, -0.2) is 4.98 Å². The summed E-state index contributed by atoms with van der Waals surface area (Å²) in [5.41, 5.74) is 3.05. The number of anilines is 1. The Morgan fingerprint density at radius 3 is 3.14 bits per heavy atom. The topological polar surface area (TPSA) is 52.0 Å². The quantitative estimate of drug-likeness (QED) is 0.784. The fourth-order valence-corrected chi connectivity index (χ4v) is 2.84.